The van der Waals surface area contributed by atoms with Crippen molar-refractivity contribution in [1.82, 2.24) is 20.8 Å². The molecule has 0 aliphatic carbocycles. The minimum atomic E-state index is -0.0671. The Labute approximate surface area is 88.6 Å². The Morgan fingerprint density at radius 2 is 2.47 bits per heavy atom. The van der Waals surface area contributed by atoms with Crippen molar-refractivity contribution >= 4 is 5.91 Å². The van der Waals surface area contributed by atoms with Gasteiger partial charge in [0, 0.05) is 12.7 Å². The Kier molecular flexibility index (Phi) is 5.03. The van der Waals surface area contributed by atoms with Gasteiger partial charge in [0.2, 0.25) is 5.91 Å². The smallest absolute Gasteiger partial charge is 0.234 e. The number of carbonyl (C=O) groups excluding carboxylic acids is 1. The number of hydrogen-bond donors (Lipinski definition) is 2. The highest BCUT2D eigenvalue weighted by Gasteiger charge is 1.99. The molecule has 0 aliphatic rings. The van der Waals surface area contributed by atoms with Gasteiger partial charge in [-0.2, -0.15) is 10.2 Å². The lowest BCUT2D eigenvalue weighted by Crippen LogP contribution is -2.33. The predicted molar refractivity (Wildman–Crippen MR) is 56.9 cm³/mol. The Hall–Kier alpha value is -1.75. The van der Waals surface area contributed by atoms with Gasteiger partial charge in [-0.3, -0.25) is 4.79 Å². The van der Waals surface area contributed by atoms with E-state index in [0.29, 0.717) is 13.1 Å². The fourth-order valence-electron chi connectivity index (χ4n) is 0.967. The number of nitrogens with one attached hydrogen (secondary N) is 2. The van der Waals surface area contributed by atoms with E-state index in [1.807, 2.05) is 6.07 Å². The van der Waals surface area contributed by atoms with E-state index in [0.717, 1.165) is 5.69 Å². The molecule has 1 rings (SSSR count). The molecule has 5 nitrogen and oxygen atoms in total. The average Bonchev–Trinajstić information content (AvgIpc) is 2.28. The Morgan fingerprint density at radius 3 is 3.13 bits per heavy atom. The summed E-state index contributed by atoms with van der Waals surface area (Å²) in [5, 5.41) is 13.2. The van der Waals surface area contributed by atoms with E-state index < -0.39 is 0 Å². The molecule has 80 valence electrons. The van der Waals surface area contributed by atoms with Gasteiger partial charge in [0.1, 0.15) is 0 Å². The first-order valence-corrected chi connectivity index (χ1v) is 4.68. The van der Waals surface area contributed by atoms with Crippen LogP contribution in [0.1, 0.15) is 5.69 Å². The van der Waals surface area contributed by atoms with Crippen LogP contribution < -0.4 is 10.6 Å². The van der Waals surface area contributed by atoms with Crippen LogP contribution in [0.2, 0.25) is 0 Å². The van der Waals surface area contributed by atoms with E-state index in [-0.39, 0.29) is 12.5 Å². The van der Waals surface area contributed by atoms with Gasteiger partial charge in [-0.15, -0.1) is 6.58 Å². The topological polar surface area (TPSA) is 66.9 Å². The summed E-state index contributed by atoms with van der Waals surface area (Å²) in [6, 6.07) is 3.59. The zero-order valence-electron chi connectivity index (χ0n) is 8.44. The number of carbonyl (C=O) groups is 1. The zero-order valence-corrected chi connectivity index (χ0v) is 8.44. The second-order valence-corrected chi connectivity index (χ2v) is 2.91. The third-order valence-electron chi connectivity index (χ3n) is 1.67. The second-order valence-electron chi connectivity index (χ2n) is 2.91. The molecule has 0 fully saturated rings. The van der Waals surface area contributed by atoms with Crippen molar-refractivity contribution in [2.75, 3.05) is 13.1 Å². The summed E-state index contributed by atoms with van der Waals surface area (Å²) in [5.74, 6) is -0.0671. The summed E-state index contributed by atoms with van der Waals surface area (Å²) >= 11 is 0. The van der Waals surface area contributed by atoms with E-state index in [1.54, 1.807) is 18.3 Å². The first-order valence-electron chi connectivity index (χ1n) is 4.68. The van der Waals surface area contributed by atoms with Crippen molar-refractivity contribution in [2.24, 2.45) is 0 Å². The number of amides is 1. The number of hydrogen-bond acceptors (Lipinski definition) is 4. The molecule has 1 aromatic heterocycles. The molecule has 2 N–H and O–H groups in total. The monoisotopic (exact) mass is 206 g/mol. The first kappa shape index (κ1) is 11.3. The van der Waals surface area contributed by atoms with E-state index >= 15 is 0 Å². The first-order chi connectivity index (χ1) is 7.33. The standard InChI is InChI=1S/C10H14N4O/c1-2-5-11-8-10(15)12-7-9-4-3-6-13-14-9/h2-4,6,11H,1,5,7-8H2,(H,12,15). The molecule has 0 saturated carbocycles. The molecule has 5 heteroatoms. The van der Waals surface area contributed by atoms with Gasteiger partial charge in [-0.05, 0) is 12.1 Å². The molecular formula is C10H14N4O. The third kappa shape index (κ3) is 4.87. The molecule has 0 aromatic carbocycles. The van der Waals surface area contributed by atoms with Crippen molar-refractivity contribution in [3.8, 4) is 0 Å². The van der Waals surface area contributed by atoms with Crippen LogP contribution in [0.4, 0.5) is 0 Å². The van der Waals surface area contributed by atoms with Crippen LogP contribution in [-0.4, -0.2) is 29.2 Å². The molecule has 15 heavy (non-hydrogen) atoms. The highest BCUT2D eigenvalue weighted by atomic mass is 16.1. The molecule has 0 radical (unpaired) electrons. The molecule has 1 heterocycles. The van der Waals surface area contributed by atoms with E-state index in [2.05, 4.69) is 27.4 Å². The molecular weight excluding hydrogens is 192 g/mol. The fraction of sp³-hybridized carbons (Fsp3) is 0.300. The van der Waals surface area contributed by atoms with Crippen LogP contribution in [0.3, 0.4) is 0 Å². The van der Waals surface area contributed by atoms with Crippen molar-refractivity contribution in [2.45, 2.75) is 6.54 Å². The minimum Gasteiger partial charge on any atom is -0.349 e. The van der Waals surface area contributed by atoms with Crippen LogP contribution in [0.5, 0.6) is 0 Å². The normalized spacial score (nSPS) is 9.60. The van der Waals surface area contributed by atoms with Gasteiger partial charge in [0.15, 0.2) is 0 Å². The van der Waals surface area contributed by atoms with Crippen LogP contribution in [0, 0.1) is 0 Å². The van der Waals surface area contributed by atoms with E-state index in [9.17, 15) is 4.79 Å². The van der Waals surface area contributed by atoms with E-state index in [1.165, 1.54) is 0 Å². The molecule has 0 bridgehead atoms. The predicted octanol–water partition coefficient (Wildman–Crippen LogP) is -0.132. The van der Waals surface area contributed by atoms with Gasteiger partial charge in [-0.1, -0.05) is 6.08 Å². The molecule has 0 saturated heterocycles. The summed E-state index contributed by atoms with van der Waals surface area (Å²) < 4.78 is 0. The largest absolute Gasteiger partial charge is 0.349 e. The Bertz CT molecular complexity index is 312. The van der Waals surface area contributed by atoms with Gasteiger partial charge in [0.05, 0.1) is 18.8 Å². The Morgan fingerprint density at radius 1 is 1.60 bits per heavy atom. The molecule has 1 amide bonds. The third-order valence-corrected chi connectivity index (χ3v) is 1.67. The summed E-state index contributed by atoms with van der Waals surface area (Å²) in [6.07, 6.45) is 3.30. The van der Waals surface area contributed by atoms with Gasteiger partial charge in [0.25, 0.3) is 0 Å². The molecule has 0 aliphatic heterocycles. The Balaban J connectivity index is 2.20. The van der Waals surface area contributed by atoms with Crippen molar-refractivity contribution in [1.29, 1.82) is 0 Å². The molecule has 0 spiro atoms. The SMILES string of the molecule is C=CCNCC(=O)NCc1cccnn1. The molecule has 1 aromatic rings. The molecule has 0 atom stereocenters. The van der Waals surface area contributed by atoms with Crippen LogP contribution in [0.25, 0.3) is 0 Å². The highest BCUT2D eigenvalue weighted by Crippen LogP contribution is 1.88. The van der Waals surface area contributed by atoms with Crippen LogP contribution >= 0.6 is 0 Å². The molecule has 0 unspecified atom stereocenters. The lowest BCUT2D eigenvalue weighted by Gasteiger charge is -2.04. The maximum absolute atomic E-state index is 11.2. The van der Waals surface area contributed by atoms with Gasteiger partial charge >= 0.3 is 0 Å². The summed E-state index contributed by atoms with van der Waals surface area (Å²) in [6.45, 7) is 4.85. The fourth-order valence-corrected chi connectivity index (χ4v) is 0.967. The van der Waals surface area contributed by atoms with Gasteiger partial charge < -0.3 is 10.6 Å². The van der Waals surface area contributed by atoms with E-state index in [4.69, 9.17) is 0 Å². The van der Waals surface area contributed by atoms with Crippen molar-refractivity contribution in [3.63, 3.8) is 0 Å². The summed E-state index contributed by atoms with van der Waals surface area (Å²) in [5.41, 5.74) is 0.745. The van der Waals surface area contributed by atoms with Crippen molar-refractivity contribution in [3.05, 3.63) is 36.7 Å². The van der Waals surface area contributed by atoms with Crippen LogP contribution in [-0.2, 0) is 11.3 Å². The lowest BCUT2D eigenvalue weighted by atomic mass is 10.4. The maximum atomic E-state index is 11.2. The second kappa shape index (κ2) is 6.67. The zero-order chi connectivity index (χ0) is 10.9. The summed E-state index contributed by atoms with van der Waals surface area (Å²) in [7, 11) is 0. The average molecular weight is 206 g/mol. The number of nitrogens with zero attached hydrogens (tertiary/aromatic N) is 2. The van der Waals surface area contributed by atoms with Gasteiger partial charge in [-0.25, -0.2) is 0 Å². The number of rotatable bonds is 6. The maximum Gasteiger partial charge on any atom is 0.234 e. The quantitative estimate of drug-likeness (QED) is 0.502. The summed E-state index contributed by atoms with van der Waals surface area (Å²) in [4.78, 5) is 11.2. The lowest BCUT2D eigenvalue weighted by molar-refractivity contribution is -0.120. The highest BCUT2D eigenvalue weighted by molar-refractivity contribution is 5.77. The van der Waals surface area contributed by atoms with Crippen LogP contribution in [0.15, 0.2) is 31.0 Å². The number of aromatic nitrogens is 2. The van der Waals surface area contributed by atoms with Crippen molar-refractivity contribution < 1.29 is 4.79 Å². The minimum absolute atomic E-state index is 0.0671.